The Labute approximate surface area is 146 Å². The number of hydrogen-bond acceptors (Lipinski definition) is 3. The number of aliphatic imine (C=N–C) groups is 1. The van der Waals surface area contributed by atoms with E-state index in [4.69, 9.17) is 0 Å². The third kappa shape index (κ3) is 4.50. The zero-order valence-corrected chi connectivity index (χ0v) is 16.2. The lowest BCUT2D eigenvalue weighted by atomic mass is 10.1. The summed E-state index contributed by atoms with van der Waals surface area (Å²) in [5.41, 5.74) is 3.70. The highest BCUT2D eigenvalue weighted by Crippen LogP contribution is 2.16. The maximum atomic E-state index is 4.51. The average Bonchev–Trinajstić information content (AvgIpc) is 3.11. The van der Waals surface area contributed by atoms with Crippen molar-refractivity contribution in [2.45, 2.75) is 59.0 Å². The van der Waals surface area contributed by atoms with E-state index in [1.54, 1.807) is 0 Å². The summed E-state index contributed by atoms with van der Waals surface area (Å²) in [4.78, 5) is 6.93. The minimum atomic E-state index is 0.309. The zero-order chi connectivity index (χ0) is 17.7. The van der Waals surface area contributed by atoms with Gasteiger partial charge in [0.15, 0.2) is 5.96 Å². The molecule has 1 aromatic rings. The van der Waals surface area contributed by atoms with Crippen LogP contribution in [-0.2, 0) is 13.5 Å². The van der Waals surface area contributed by atoms with E-state index >= 15 is 0 Å². The molecule has 1 aliphatic rings. The minimum absolute atomic E-state index is 0.309. The SMILES string of the molecule is CCN1CCCC1CNC(=NC)NC(C)Cc1c(C)nn(C)c1C. The van der Waals surface area contributed by atoms with Gasteiger partial charge in [0.2, 0.25) is 0 Å². The van der Waals surface area contributed by atoms with Crippen LogP contribution < -0.4 is 10.6 Å². The largest absolute Gasteiger partial charge is 0.355 e. The van der Waals surface area contributed by atoms with E-state index in [0.717, 1.165) is 31.2 Å². The molecular formula is C18H34N6. The molecule has 24 heavy (non-hydrogen) atoms. The highest BCUT2D eigenvalue weighted by Gasteiger charge is 2.23. The fourth-order valence-electron chi connectivity index (χ4n) is 3.66. The zero-order valence-electron chi connectivity index (χ0n) is 16.2. The minimum Gasteiger partial charge on any atom is -0.355 e. The summed E-state index contributed by atoms with van der Waals surface area (Å²) in [7, 11) is 3.85. The predicted molar refractivity (Wildman–Crippen MR) is 101 cm³/mol. The highest BCUT2D eigenvalue weighted by molar-refractivity contribution is 5.80. The van der Waals surface area contributed by atoms with Crippen LogP contribution in [0.5, 0.6) is 0 Å². The lowest BCUT2D eigenvalue weighted by molar-refractivity contribution is 0.267. The van der Waals surface area contributed by atoms with E-state index in [1.807, 2.05) is 18.8 Å². The van der Waals surface area contributed by atoms with Gasteiger partial charge in [-0.2, -0.15) is 5.10 Å². The van der Waals surface area contributed by atoms with Gasteiger partial charge in [-0.05, 0) is 58.7 Å². The Morgan fingerprint density at radius 3 is 2.75 bits per heavy atom. The molecule has 1 saturated heterocycles. The number of hydrogen-bond donors (Lipinski definition) is 2. The van der Waals surface area contributed by atoms with Gasteiger partial charge in [0, 0.05) is 38.4 Å². The lowest BCUT2D eigenvalue weighted by Gasteiger charge is -2.25. The normalized spacial score (nSPS) is 20.4. The summed E-state index contributed by atoms with van der Waals surface area (Å²) in [6.45, 7) is 12.0. The number of nitrogens with zero attached hydrogens (tertiary/aromatic N) is 4. The molecule has 1 aliphatic heterocycles. The van der Waals surface area contributed by atoms with Crippen LogP contribution in [0.1, 0.15) is 43.6 Å². The molecule has 0 amide bonds. The fourth-order valence-corrected chi connectivity index (χ4v) is 3.66. The molecular weight excluding hydrogens is 300 g/mol. The van der Waals surface area contributed by atoms with Gasteiger partial charge in [-0.1, -0.05) is 6.92 Å². The molecule has 0 aromatic carbocycles. The summed E-state index contributed by atoms with van der Waals surface area (Å²) < 4.78 is 1.96. The second-order valence-electron chi connectivity index (χ2n) is 6.90. The van der Waals surface area contributed by atoms with Gasteiger partial charge in [0.25, 0.3) is 0 Å². The van der Waals surface area contributed by atoms with Gasteiger partial charge < -0.3 is 10.6 Å². The van der Waals surface area contributed by atoms with Crippen molar-refractivity contribution >= 4 is 5.96 Å². The van der Waals surface area contributed by atoms with Crippen molar-refractivity contribution in [3.8, 4) is 0 Å². The van der Waals surface area contributed by atoms with Gasteiger partial charge in [-0.15, -0.1) is 0 Å². The van der Waals surface area contributed by atoms with Crippen molar-refractivity contribution in [2.24, 2.45) is 12.0 Å². The van der Waals surface area contributed by atoms with E-state index in [-0.39, 0.29) is 0 Å². The Morgan fingerprint density at radius 1 is 1.42 bits per heavy atom. The van der Waals surface area contributed by atoms with Crippen LogP contribution in [0.4, 0.5) is 0 Å². The molecule has 1 aromatic heterocycles. The Morgan fingerprint density at radius 2 is 2.17 bits per heavy atom. The van der Waals surface area contributed by atoms with Crippen LogP contribution in [-0.4, -0.2) is 59.4 Å². The highest BCUT2D eigenvalue weighted by atomic mass is 15.3. The third-order valence-corrected chi connectivity index (χ3v) is 5.19. The fraction of sp³-hybridized carbons (Fsp3) is 0.778. The smallest absolute Gasteiger partial charge is 0.191 e. The molecule has 0 aliphatic carbocycles. The Hall–Kier alpha value is -1.56. The van der Waals surface area contributed by atoms with Gasteiger partial charge in [0.1, 0.15) is 0 Å². The Balaban J connectivity index is 1.86. The Bertz CT molecular complexity index is 562. The molecule has 136 valence electrons. The molecule has 0 bridgehead atoms. The van der Waals surface area contributed by atoms with Gasteiger partial charge in [-0.3, -0.25) is 14.6 Å². The number of nitrogens with one attached hydrogen (secondary N) is 2. The average molecular weight is 335 g/mol. The monoisotopic (exact) mass is 334 g/mol. The van der Waals surface area contributed by atoms with Gasteiger partial charge in [-0.25, -0.2) is 0 Å². The first-order chi connectivity index (χ1) is 11.5. The van der Waals surface area contributed by atoms with E-state index in [0.29, 0.717) is 12.1 Å². The molecule has 2 N–H and O–H groups in total. The molecule has 0 spiro atoms. The summed E-state index contributed by atoms with van der Waals surface area (Å²) >= 11 is 0. The first-order valence-electron chi connectivity index (χ1n) is 9.16. The predicted octanol–water partition coefficient (Wildman–Crippen LogP) is 1.62. The number of aryl methyl sites for hydroxylation is 2. The number of guanidine groups is 1. The quantitative estimate of drug-likeness (QED) is 0.613. The van der Waals surface area contributed by atoms with Crippen LogP contribution in [0.25, 0.3) is 0 Å². The third-order valence-electron chi connectivity index (χ3n) is 5.19. The Kier molecular flexibility index (Phi) is 6.66. The maximum Gasteiger partial charge on any atom is 0.191 e. The summed E-state index contributed by atoms with van der Waals surface area (Å²) in [5, 5.41) is 11.5. The van der Waals surface area contributed by atoms with Crippen molar-refractivity contribution in [1.29, 1.82) is 0 Å². The maximum absolute atomic E-state index is 4.51. The van der Waals surface area contributed by atoms with Gasteiger partial charge >= 0.3 is 0 Å². The van der Waals surface area contributed by atoms with Crippen LogP contribution in [0.3, 0.4) is 0 Å². The van der Waals surface area contributed by atoms with Crippen LogP contribution in [0.15, 0.2) is 4.99 Å². The van der Waals surface area contributed by atoms with Crippen molar-refractivity contribution in [1.82, 2.24) is 25.3 Å². The number of rotatable bonds is 6. The molecule has 0 radical (unpaired) electrons. The number of likely N-dealkylation sites (N-methyl/N-ethyl adjacent to an activating group) is 1. The van der Waals surface area contributed by atoms with Crippen LogP contribution in [0.2, 0.25) is 0 Å². The van der Waals surface area contributed by atoms with E-state index in [9.17, 15) is 0 Å². The number of likely N-dealkylation sites (tertiary alicyclic amines) is 1. The lowest BCUT2D eigenvalue weighted by Crippen LogP contribution is -2.47. The molecule has 2 rings (SSSR count). The van der Waals surface area contributed by atoms with Crippen LogP contribution in [0, 0.1) is 13.8 Å². The van der Waals surface area contributed by atoms with E-state index in [1.165, 1.54) is 30.6 Å². The second kappa shape index (κ2) is 8.51. The first kappa shape index (κ1) is 18.8. The molecule has 2 unspecified atom stereocenters. The summed E-state index contributed by atoms with van der Waals surface area (Å²) in [5.74, 6) is 0.893. The van der Waals surface area contributed by atoms with Crippen molar-refractivity contribution in [2.75, 3.05) is 26.7 Å². The van der Waals surface area contributed by atoms with E-state index in [2.05, 4.69) is 53.3 Å². The van der Waals surface area contributed by atoms with Gasteiger partial charge in [0.05, 0.1) is 5.69 Å². The van der Waals surface area contributed by atoms with Crippen LogP contribution >= 0.6 is 0 Å². The number of aromatic nitrogens is 2. The molecule has 0 saturated carbocycles. The summed E-state index contributed by atoms with van der Waals surface area (Å²) in [6.07, 6.45) is 3.54. The molecule has 1 fully saturated rings. The standard InChI is InChI=1S/C18H34N6/c1-7-24-10-8-9-16(24)12-20-18(19-5)21-13(2)11-17-14(3)22-23(6)15(17)4/h13,16H,7-12H2,1-6H3,(H2,19,20,21). The molecule has 6 heteroatoms. The van der Waals surface area contributed by atoms with Crippen molar-refractivity contribution in [3.05, 3.63) is 17.0 Å². The van der Waals surface area contributed by atoms with Crippen molar-refractivity contribution < 1.29 is 0 Å². The molecule has 2 heterocycles. The van der Waals surface area contributed by atoms with Crippen molar-refractivity contribution in [3.63, 3.8) is 0 Å². The topological polar surface area (TPSA) is 57.5 Å². The van der Waals surface area contributed by atoms with E-state index < -0.39 is 0 Å². The molecule has 6 nitrogen and oxygen atoms in total. The first-order valence-corrected chi connectivity index (χ1v) is 9.16. The molecule has 2 atom stereocenters. The second-order valence-corrected chi connectivity index (χ2v) is 6.90. The summed E-state index contributed by atoms with van der Waals surface area (Å²) in [6, 6.07) is 0.940.